The number of fused-ring (bicyclic) bond motifs is 1. The maximum Gasteiger partial charge on any atom is 0.231 e. The monoisotopic (exact) mass is 276 g/mol. The maximum atomic E-state index is 6.15. The molecule has 1 aromatic carbocycles. The average Bonchev–Trinajstić information content (AvgIpc) is 2.94. The number of piperidine rings is 1. The van der Waals surface area contributed by atoms with E-state index in [0.29, 0.717) is 19.4 Å². The summed E-state index contributed by atoms with van der Waals surface area (Å²) >= 11 is 0. The number of hydrogen-bond donors (Lipinski definition) is 1. The van der Waals surface area contributed by atoms with Crippen LogP contribution in [0.5, 0.6) is 11.5 Å². The van der Waals surface area contributed by atoms with Crippen LogP contribution in [0.3, 0.4) is 0 Å². The highest BCUT2D eigenvalue weighted by molar-refractivity contribution is 5.47. The second-order valence-corrected chi connectivity index (χ2v) is 6.18. The van der Waals surface area contributed by atoms with E-state index in [1.807, 2.05) is 6.07 Å². The van der Waals surface area contributed by atoms with E-state index in [2.05, 4.69) is 30.9 Å². The smallest absolute Gasteiger partial charge is 0.231 e. The zero-order valence-corrected chi connectivity index (χ0v) is 12.4. The second-order valence-electron chi connectivity index (χ2n) is 6.18. The summed E-state index contributed by atoms with van der Waals surface area (Å²) in [6.07, 6.45) is 2.22. The largest absolute Gasteiger partial charge is 0.454 e. The third-order valence-electron chi connectivity index (χ3n) is 4.86. The number of rotatable bonds is 3. The van der Waals surface area contributed by atoms with Crippen molar-refractivity contribution in [3.05, 3.63) is 23.8 Å². The van der Waals surface area contributed by atoms with E-state index >= 15 is 0 Å². The Hall–Kier alpha value is -1.26. The van der Waals surface area contributed by atoms with Crippen LogP contribution in [0.1, 0.15) is 32.3 Å². The summed E-state index contributed by atoms with van der Waals surface area (Å²) in [4.78, 5) is 2.53. The fourth-order valence-electron chi connectivity index (χ4n) is 3.31. The molecular weight excluding hydrogens is 252 g/mol. The van der Waals surface area contributed by atoms with Crippen molar-refractivity contribution in [2.75, 3.05) is 26.4 Å². The Morgan fingerprint density at radius 2 is 1.90 bits per heavy atom. The van der Waals surface area contributed by atoms with Crippen molar-refractivity contribution < 1.29 is 9.47 Å². The first kappa shape index (κ1) is 13.7. The van der Waals surface area contributed by atoms with Crippen molar-refractivity contribution in [3.63, 3.8) is 0 Å². The van der Waals surface area contributed by atoms with Crippen molar-refractivity contribution in [2.24, 2.45) is 5.73 Å². The van der Waals surface area contributed by atoms with Crippen LogP contribution in [0.15, 0.2) is 18.2 Å². The van der Waals surface area contributed by atoms with Gasteiger partial charge in [-0.25, -0.2) is 0 Å². The number of likely N-dealkylation sites (tertiary alicyclic amines) is 1. The molecule has 0 saturated carbocycles. The number of nitrogens with zero attached hydrogens (tertiary/aromatic N) is 1. The number of benzene rings is 1. The molecule has 3 rings (SSSR count). The van der Waals surface area contributed by atoms with Gasteiger partial charge in [0.15, 0.2) is 11.5 Å². The fraction of sp³-hybridized carbons (Fsp3) is 0.625. The normalized spacial score (nSPS) is 21.4. The van der Waals surface area contributed by atoms with Crippen LogP contribution in [0.2, 0.25) is 0 Å². The second kappa shape index (κ2) is 5.26. The Balaban J connectivity index is 1.83. The summed E-state index contributed by atoms with van der Waals surface area (Å²) < 4.78 is 10.9. The molecule has 2 aliphatic rings. The first-order valence-corrected chi connectivity index (χ1v) is 7.49. The van der Waals surface area contributed by atoms with Crippen LogP contribution in [0.4, 0.5) is 0 Å². The fourth-order valence-corrected chi connectivity index (χ4v) is 3.31. The standard InChI is InChI=1S/C16H24N2O2/c1-12(2)18-7-5-16(10-17,6-8-18)13-3-4-14-15(9-13)20-11-19-14/h3-4,9,12H,5-8,10-11,17H2,1-2H3. The lowest BCUT2D eigenvalue weighted by molar-refractivity contribution is 0.132. The predicted octanol–water partition coefficient (Wildman–Crippen LogP) is 2.12. The predicted molar refractivity (Wildman–Crippen MR) is 79.2 cm³/mol. The highest BCUT2D eigenvalue weighted by Gasteiger charge is 2.36. The Labute approximate surface area is 120 Å². The molecule has 1 saturated heterocycles. The lowest BCUT2D eigenvalue weighted by atomic mass is 9.72. The molecular formula is C16H24N2O2. The summed E-state index contributed by atoms with van der Waals surface area (Å²) in [5.74, 6) is 1.71. The molecule has 0 spiro atoms. The Morgan fingerprint density at radius 1 is 1.20 bits per heavy atom. The van der Waals surface area contributed by atoms with Crippen molar-refractivity contribution in [2.45, 2.75) is 38.1 Å². The molecule has 2 aliphatic heterocycles. The molecule has 20 heavy (non-hydrogen) atoms. The topological polar surface area (TPSA) is 47.7 Å². The van der Waals surface area contributed by atoms with Gasteiger partial charge in [0.05, 0.1) is 0 Å². The van der Waals surface area contributed by atoms with E-state index in [9.17, 15) is 0 Å². The van der Waals surface area contributed by atoms with Gasteiger partial charge in [-0.1, -0.05) is 6.07 Å². The molecule has 0 bridgehead atoms. The van der Waals surface area contributed by atoms with Gasteiger partial charge in [-0.3, -0.25) is 0 Å². The van der Waals surface area contributed by atoms with Crippen LogP contribution >= 0.6 is 0 Å². The van der Waals surface area contributed by atoms with E-state index in [0.717, 1.165) is 37.4 Å². The van der Waals surface area contributed by atoms with Gasteiger partial charge in [-0.15, -0.1) is 0 Å². The Morgan fingerprint density at radius 3 is 2.55 bits per heavy atom. The maximum absolute atomic E-state index is 6.15. The van der Waals surface area contributed by atoms with Gasteiger partial charge in [0, 0.05) is 18.0 Å². The van der Waals surface area contributed by atoms with Gasteiger partial charge >= 0.3 is 0 Å². The molecule has 110 valence electrons. The molecule has 2 N–H and O–H groups in total. The highest BCUT2D eigenvalue weighted by Crippen LogP contribution is 2.40. The third-order valence-corrected chi connectivity index (χ3v) is 4.86. The van der Waals surface area contributed by atoms with E-state index in [1.54, 1.807) is 0 Å². The van der Waals surface area contributed by atoms with E-state index in [1.165, 1.54) is 5.56 Å². The lowest BCUT2D eigenvalue weighted by Crippen LogP contribution is -2.48. The molecule has 0 aliphatic carbocycles. The van der Waals surface area contributed by atoms with E-state index in [4.69, 9.17) is 15.2 Å². The lowest BCUT2D eigenvalue weighted by Gasteiger charge is -2.43. The molecule has 4 nitrogen and oxygen atoms in total. The number of nitrogens with two attached hydrogens (primary N) is 1. The molecule has 2 heterocycles. The van der Waals surface area contributed by atoms with E-state index < -0.39 is 0 Å². The zero-order valence-electron chi connectivity index (χ0n) is 12.4. The summed E-state index contributed by atoms with van der Waals surface area (Å²) in [6.45, 7) is 7.77. The molecule has 0 atom stereocenters. The Kier molecular flexibility index (Phi) is 3.61. The minimum atomic E-state index is 0.0897. The van der Waals surface area contributed by atoms with Crippen molar-refractivity contribution >= 4 is 0 Å². The molecule has 0 amide bonds. The van der Waals surface area contributed by atoms with E-state index in [-0.39, 0.29) is 5.41 Å². The zero-order chi connectivity index (χ0) is 14.2. The summed E-state index contributed by atoms with van der Waals surface area (Å²) in [5.41, 5.74) is 7.53. The van der Waals surface area contributed by atoms with Crippen molar-refractivity contribution in [1.29, 1.82) is 0 Å². The van der Waals surface area contributed by atoms with Gasteiger partial charge < -0.3 is 20.1 Å². The summed E-state index contributed by atoms with van der Waals surface area (Å²) in [6, 6.07) is 6.91. The summed E-state index contributed by atoms with van der Waals surface area (Å²) in [5, 5.41) is 0. The van der Waals surface area contributed by atoms with Crippen LogP contribution in [0.25, 0.3) is 0 Å². The first-order chi connectivity index (χ1) is 9.64. The van der Waals surface area contributed by atoms with Gasteiger partial charge in [0.2, 0.25) is 6.79 Å². The Bertz CT molecular complexity index is 479. The quantitative estimate of drug-likeness (QED) is 0.918. The molecule has 0 radical (unpaired) electrons. The highest BCUT2D eigenvalue weighted by atomic mass is 16.7. The van der Waals surface area contributed by atoms with Gasteiger partial charge in [-0.05, 0) is 57.5 Å². The van der Waals surface area contributed by atoms with Crippen LogP contribution in [-0.4, -0.2) is 37.4 Å². The third kappa shape index (κ3) is 2.27. The van der Waals surface area contributed by atoms with Gasteiger partial charge in [0.25, 0.3) is 0 Å². The minimum absolute atomic E-state index is 0.0897. The SMILES string of the molecule is CC(C)N1CCC(CN)(c2ccc3c(c2)OCO3)CC1. The van der Waals surface area contributed by atoms with Gasteiger partial charge in [-0.2, -0.15) is 0 Å². The first-order valence-electron chi connectivity index (χ1n) is 7.49. The van der Waals surface area contributed by atoms with Crippen LogP contribution < -0.4 is 15.2 Å². The van der Waals surface area contributed by atoms with Crippen molar-refractivity contribution in [3.8, 4) is 11.5 Å². The van der Waals surface area contributed by atoms with Crippen molar-refractivity contribution in [1.82, 2.24) is 4.90 Å². The average molecular weight is 276 g/mol. The molecule has 0 unspecified atom stereocenters. The van der Waals surface area contributed by atoms with Crippen LogP contribution in [0, 0.1) is 0 Å². The van der Waals surface area contributed by atoms with Crippen LogP contribution in [-0.2, 0) is 5.41 Å². The molecule has 1 fully saturated rings. The van der Waals surface area contributed by atoms with Gasteiger partial charge in [0.1, 0.15) is 0 Å². The molecule has 1 aromatic rings. The molecule has 4 heteroatoms. The number of hydrogen-bond acceptors (Lipinski definition) is 4. The number of ether oxygens (including phenoxy) is 2. The summed E-state index contributed by atoms with van der Waals surface area (Å²) in [7, 11) is 0. The minimum Gasteiger partial charge on any atom is -0.454 e. The molecule has 0 aromatic heterocycles.